The Balaban J connectivity index is 0.780. The summed E-state index contributed by atoms with van der Waals surface area (Å²) in [6.45, 7) is 9.93. The van der Waals surface area contributed by atoms with Crippen molar-refractivity contribution in [1.82, 2.24) is 4.98 Å². The van der Waals surface area contributed by atoms with Crippen LogP contribution in [-0.4, -0.2) is 231 Å². The predicted octanol–water partition coefficient (Wildman–Crippen LogP) is 2.55. The fraction of sp³-hybridized carbons (Fsp3) is 0.730. The molecular weight excluding hydrogens is 1140 g/mol. The van der Waals surface area contributed by atoms with Crippen LogP contribution in [0.4, 0.5) is 0 Å². The number of carbonyl (C=O) groups excluding carboxylic acids is 2. The summed E-state index contributed by atoms with van der Waals surface area (Å²) < 4.78 is 80.5. The number of rotatable bonds is 18. The molecule has 0 spiro atoms. The molecule has 5 heterocycles. The van der Waals surface area contributed by atoms with Crippen molar-refractivity contribution < 1.29 is 112 Å². The molecule has 2 aromatic rings. The van der Waals surface area contributed by atoms with E-state index in [4.69, 9.17) is 61.6 Å². The lowest BCUT2D eigenvalue weighted by Gasteiger charge is -2.67. The van der Waals surface area contributed by atoms with E-state index >= 15 is 0 Å². The van der Waals surface area contributed by atoms with Crippen LogP contribution >= 0.6 is 0 Å². The van der Waals surface area contributed by atoms with Crippen LogP contribution in [0.25, 0.3) is 6.08 Å². The highest BCUT2D eigenvalue weighted by Gasteiger charge is 2.81. The Bertz CT molecular complexity index is 2730. The SMILES string of the molecule is CO[C@@H]1[C@@H](O)[C@H](O[C@H]2[C@@H](OC)C[C@H](O[C@H]3[C@@H](OC)C[C@H](O[C@H]4CC[C@@]5(C)C(=CC[C@]6(O)[C@@H]5C[C@@H](OC(=O)/C=C/c5ccccc5)[C@@]5(C)[C@]6(O)CC[C@@]5(O)[C@H](C)OC(=O)c5cccnc5)C4)O[C@@H]3C)O[C@@H]2C)O[C@H](C)[C@H]1O[C@@H]1O[C@H](CO)[C@@H](O)[C@H](O)[C@H]1O. The number of fused-ring (bicyclic) bond motifs is 5. The smallest absolute Gasteiger partial charge is 0.340 e. The number of benzene rings is 1. The van der Waals surface area contributed by atoms with Crippen LogP contribution in [0.5, 0.6) is 0 Å². The largest absolute Gasteiger partial charge is 0.458 e. The number of carbonyl (C=O) groups is 2. The average molecular weight is 1230 g/mol. The van der Waals surface area contributed by atoms with Gasteiger partial charge in [-0.3, -0.25) is 4.98 Å². The zero-order valence-electron chi connectivity index (χ0n) is 50.8. The van der Waals surface area contributed by atoms with E-state index < -0.39 is 175 Å². The second-order valence-electron chi connectivity index (χ2n) is 25.5. The number of nitrogens with zero attached hydrogens (tertiary/aromatic N) is 1. The molecule has 0 unspecified atom stereocenters. The van der Waals surface area contributed by atoms with E-state index in [1.165, 1.54) is 32.7 Å². The average Bonchev–Trinajstić information content (AvgIpc) is 1.61. The zero-order valence-corrected chi connectivity index (χ0v) is 50.8. The summed E-state index contributed by atoms with van der Waals surface area (Å²) in [5.74, 6) is -2.07. The van der Waals surface area contributed by atoms with E-state index in [9.17, 15) is 50.4 Å². The van der Waals surface area contributed by atoms with Gasteiger partial charge in [0, 0.05) is 58.6 Å². The van der Waals surface area contributed by atoms with Crippen molar-refractivity contribution in [2.24, 2.45) is 16.7 Å². The monoisotopic (exact) mass is 1230 g/mol. The number of aliphatic hydroxyl groups is 8. The lowest BCUT2D eigenvalue weighted by atomic mass is 9.42. The van der Waals surface area contributed by atoms with Gasteiger partial charge in [-0.1, -0.05) is 55.8 Å². The molecule has 0 amide bonds. The fourth-order valence-electron chi connectivity index (χ4n) is 15.8. The van der Waals surface area contributed by atoms with Gasteiger partial charge >= 0.3 is 11.9 Å². The highest BCUT2D eigenvalue weighted by atomic mass is 16.8. The Morgan fingerprint density at radius 3 is 2.01 bits per heavy atom. The molecule has 24 heteroatoms. The van der Waals surface area contributed by atoms with E-state index in [-0.39, 0.29) is 43.8 Å². The third-order valence-electron chi connectivity index (χ3n) is 20.9. The molecule has 0 bridgehead atoms. The number of methoxy groups -OCH3 is 3. The van der Waals surface area contributed by atoms with Crippen LogP contribution in [-0.2, 0) is 66.4 Å². The van der Waals surface area contributed by atoms with Gasteiger partial charge in [0.1, 0.15) is 83.9 Å². The molecule has 27 atom stereocenters. The van der Waals surface area contributed by atoms with Crippen LogP contribution in [0, 0.1) is 16.7 Å². The summed E-state index contributed by atoms with van der Waals surface area (Å²) in [6, 6.07) is 12.4. The Morgan fingerprint density at radius 1 is 0.724 bits per heavy atom. The van der Waals surface area contributed by atoms with Gasteiger partial charge < -0.3 is 102 Å². The predicted molar refractivity (Wildman–Crippen MR) is 303 cm³/mol. The minimum absolute atomic E-state index is 0.0348. The van der Waals surface area contributed by atoms with Gasteiger partial charge in [0.25, 0.3) is 0 Å². The maximum Gasteiger partial charge on any atom is 0.340 e. The van der Waals surface area contributed by atoms with Crippen LogP contribution in [0.2, 0.25) is 0 Å². The second kappa shape index (κ2) is 26.3. The molecule has 7 fully saturated rings. The fourth-order valence-corrected chi connectivity index (χ4v) is 15.8. The van der Waals surface area contributed by atoms with Crippen LogP contribution in [0.1, 0.15) is 115 Å². The molecular formula is C63H89NO23. The van der Waals surface area contributed by atoms with Gasteiger partial charge in [0.2, 0.25) is 0 Å². The summed E-state index contributed by atoms with van der Waals surface area (Å²) >= 11 is 0. The molecule has 8 aliphatic rings. The van der Waals surface area contributed by atoms with Crippen molar-refractivity contribution >= 4 is 18.0 Å². The molecule has 24 nitrogen and oxygen atoms in total. The van der Waals surface area contributed by atoms with Crippen LogP contribution < -0.4 is 0 Å². The van der Waals surface area contributed by atoms with Crippen molar-refractivity contribution in [1.29, 1.82) is 0 Å². The van der Waals surface area contributed by atoms with E-state index in [1.54, 1.807) is 53.0 Å². The second-order valence-corrected chi connectivity index (χ2v) is 25.5. The highest BCUT2D eigenvalue weighted by molar-refractivity contribution is 5.89. The zero-order chi connectivity index (χ0) is 62.5. The molecule has 4 saturated heterocycles. The van der Waals surface area contributed by atoms with Crippen LogP contribution in [0.15, 0.2) is 72.6 Å². The van der Waals surface area contributed by atoms with Crippen molar-refractivity contribution in [2.45, 2.75) is 245 Å². The van der Waals surface area contributed by atoms with Crippen molar-refractivity contribution in [2.75, 3.05) is 27.9 Å². The Morgan fingerprint density at radius 2 is 1.37 bits per heavy atom. The number of esters is 2. The number of aromatic nitrogens is 1. The maximum absolute atomic E-state index is 14.0. The molecule has 1 aromatic carbocycles. The third-order valence-corrected chi connectivity index (χ3v) is 20.9. The topological polar surface area (TPSA) is 329 Å². The first-order chi connectivity index (χ1) is 41.4. The maximum atomic E-state index is 14.0. The Kier molecular flexibility index (Phi) is 20.0. The van der Waals surface area contributed by atoms with Gasteiger partial charge in [-0.15, -0.1) is 0 Å². The summed E-state index contributed by atoms with van der Waals surface area (Å²) in [4.78, 5) is 31.5. The molecule has 4 aliphatic heterocycles. The molecule has 0 radical (unpaired) electrons. The van der Waals surface area contributed by atoms with Crippen molar-refractivity contribution in [3.63, 3.8) is 0 Å². The Labute approximate surface area is 506 Å². The minimum atomic E-state index is -2.03. The summed E-state index contributed by atoms with van der Waals surface area (Å²) in [5, 5.41) is 92.3. The van der Waals surface area contributed by atoms with Gasteiger partial charge in [-0.05, 0) is 102 Å². The lowest BCUT2D eigenvalue weighted by molar-refractivity contribution is -0.373. The van der Waals surface area contributed by atoms with Crippen molar-refractivity contribution in [3.8, 4) is 0 Å². The molecule has 484 valence electrons. The molecule has 8 N–H and O–H groups in total. The molecule has 10 rings (SSSR count). The normalized spacial score (nSPS) is 45.9. The van der Waals surface area contributed by atoms with E-state index in [2.05, 4.69) is 11.9 Å². The van der Waals surface area contributed by atoms with Crippen molar-refractivity contribution in [3.05, 3.63) is 83.7 Å². The summed E-state index contributed by atoms with van der Waals surface area (Å²) in [6.07, 6.45) is -11.3. The Hall–Kier alpha value is -3.97. The minimum Gasteiger partial charge on any atom is -0.458 e. The first-order valence-corrected chi connectivity index (χ1v) is 30.4. The van der Waals surface area contributed by atoms with E-state index in [1.807, 2.05) is 43.3 Å². The number of ether oxygens (including phenoxy) is 13. The third kappa shape index (κ3) is 12.0. The van der Waals surface area contributed by atoms with E-state index in [0.717, 1.165) is 11.1 Å². The molecule has 3 saturated carbocycles. The number of hydrogen-bond donors (Lipinski definition) is 8. The van der Waals surface area contributed by atoms with Crippen LogP contribution in [0.3, 0.4) is 0 Å². The summed E-state index contributed by atoms with van der Waals surface area (Å²) in [5.41, 5.74) is -6.31. The van der Waals surface area contributed by atoms with Gasteiger partial charge in [0.15, 0.2) is 25.2 Å². The molecule has 4 aliphatic carbocycles. The molecule has 87 heavy (non-hydrogen) atoms. The number of aliphatic hydroxyl groups excluding tert-OH is 5. The lowest BCUT2D eigenvalue weighted by Crippen LogP contribution is -2.78. The van der Waals surface area contributed by atoms with E-state index in [0.29, 0.717) is 25.7 Å². The first-order valence-electron chi connectivity index (χ1n) is 30.4. The summed E-state index contributed by atoms with van der Waals surface area (Å²) in [7, 11) is 4.48. The highest BCUT2D eigenvalue weighted by Crippen LogP contribution is 2.71. The first kappa shape index (κ1) is 66.0. The quantitative estimate of drug-likeness (QED) is 0.0604. The van der Waals surface area contributed by atoms with Gasteiger partial charge in [-0.2, -0.15) is 0 Å². The van der Waals surface area contributed by atoms with Gasteiger partial charge in [0.05, 0.1) is 54.2 Å². The molecule has 1 aromatic heterocycles. The number of hydrogen-bond acceptors (Lipinski definition) is 24. The standard InChI is InChI=1S/C63H89NO23/c1-32-52(85-47-28-41(76-8)53(33(2)79-47)86-58-51(70)55(77-9)54(34(3)80-58)87-57-50(69)49(68)48(67)42(31-65)83-57)40(75-7)27-46(78-32)82-39-20-21-59(5)38(26-39)19-22-62(73)43(59)29-44(84-45(66)18-17-36-14-11-10-12-15-36)60(6)61(72,23-24-63(60,62)74)35(4)81-56(71)37-16-13-25-64-30-37/h10-19,25,30,32-35,39-44,46-55,57-58,65,67-70,72-74H,20-24,26-29,31H2,1-9H3/b18-17+/t32-,33-,34-,35+,39+,40+,41+,42-,43-,44-,46+,47+,48-,49+,50-,51-,52-,53-,54-,55-,57+,58+,59+,60-,61-,62+,63-/m1/s1. The number of pyridine rings is 1. The van der Waals surface area contributed by atoms with Gasteiger partial charge in [-0.25, -0.2) is 9.59 Å².